The first-order valence-corrected chi connectivity index (χ1v) is 11.0. The molecule has 29 heavy (non-hydrogen) atoms. The van der Waals surface area contributed by atoms with Gasteiger partial charge >= 0.3 is 5.97 Å². The minimum Gasteiger partial charge on any atom is -0.462 e. The minimum atomic E-state index is -0.373. The van der Waals surface area contributed by atoms with Gasteiger partial charge in [0.2, 0.25) is 5.91 Å². The van der Waals surface area contributed by atoms with Gasteiger partial charge in [0.1, 0.15) is 4.70 Å². The SMILES string of the molecule is CCCCOC(=O)c1ccc(NC(=O)CSc2nc3ccsc3c(=O)n2C)cc1. The van der Waals surface area contributed by atoms with E-state index < -0.39 is 0 Å². The number of carbonyl (C=O) groups excluding carboxylic acids is 2. The number of anilines is 1. The van der Waals surface area contributed by atoms with Crippen molar-refractivity contribution in [3.63, 3.8) is 0 Å². The maximum atomic E-state index is 12.3. The number of nitrogens with one attached hydrogen (secondary N) is 1. The molecule has 1 aromatic carbocycles. The molecule has 1 N–H and O–H groups in total. The zero-order chi connectivity index (χ0) is 20.8. The van der Waals surface area contributed by atoms with E-state index in [4.69, 9.17) is 4.74 Å². The molecule has 7 nitrogen and oxygen atoms in total. The van der Waals surface area contributed by atoms with E-state index in [1.807, 2.05) is 12.3 Å². The fraction of sp³-hybridized carbons (Fsp3) is 0.300. The van der Waals surface area contributed by atoms with Gasteiger partial charge in [-0.05, 0) is 42.1 Å². The van der Waals surface area contributed by atoms with E-state index in [-0.39, 0.29) is 23.2 Å². The molecule has 0 atom stereocenters. The van der Waals surface area contributed by atoms with Crippen LogP contribution in [0.15, 0.2) is 45.7 Å². The van der Waals surface area contributed by atoms with Gasteiger partial charge in [-0.1, -0.05) is 25.1 Å². The van der Waals surface area contributed by atoms with Crippen LogP contribution in [0.3, 0.4) is 0 Å². The maximum Gasteiger partial charge on any atom is 0.338 e. The Labute approximate surface area is 176 Å². The van der Waals surface area contributed by atoms with Crippen LogP contribution in [0.4, 0.5) is 5.69 Å². The Hall–Kier alpha value is -2.65. The number of esters is 1. The zero-order valence-corrected chi connectivity index (χ0v) is 17.8. The lowest BCUT2D eigenvalue weighted by Gasteiger charge is -2.08. The van der Waals surface area contributed by atoms with Crippen LogP contribution in [-0.2, 0) is 16.6 Å². The minimum absolute atomic E-state index is 0.108. The molecule has 3 rings (SSSR count). The number of thiophene rings is 1. The van der Waals surface area contributed by atoms with Crippen molar-refractivity contribution in [3.8, 4) is 0 Å². The predicted octanol–water partition coefficient (Wildman–Crippen LogP) is 3.68. The van der Waals surface area contributed by atoms with Gasteiger partial charge in [-0.3, -0.25) is 14.2 Å². The molecule has 0 fully saturated rings. The fourth-order valence-electron chi connectivity index (χ4n) is 2.51. The van der Waals surface area contributed by atoms with Crippen LogP contribution in [0.25, 0.3) is 10.2 Å². The quantitative estimate of drug-likeness (QED) is 0.253. The van der Waals surface area contributed by atoms with Crippen molar-refractivity contribution in [1.82, 2.24) is 9.55 Å². The van der Waals surface area contributed by atoms with Crippen LogP contribution in [0.5, 0.6) is 0 Å². The summed E-state index contributed by atoms with van der Waals surface area (Å²) in [5, 5.41) is 5.08. The number of rotatable bonds is 8. The largest absolute Gasteiger partial charge is 0.462 e. The molecule has 0 aliphatic rings. The molecular weight excluding hydrogens is 410 g/mol. The van der Waals surface area contributed by atoms with Gasteiger partial charge in [0.05, 0.1) is 23.4 Å². The molecule has 0 saturated heterocycles. The highest BCUT2D eigenvalue weighted by molar-refractivity contribution is 7.99. The molecule has 0 bridgehead atoms. The summed E-state index contributed by atoms with van der Waals surface area (Å²) >= 11 is 2.55. The number of hydrogen-bond donors (Lipinski definition) is 1. The number of carbonyl (C=O) groups is 2. The maximum absolute atomic E-state index is 12.3. The first-order valence-electron chi connectivity index (χ1n) is 9.13. The molecule has 0 aliphatic heterocycles. The Kier molecular flexibility index (Phi) is 7.05. The Morgan fingerprint density at radius 3 is 2.72 bits per heavy atom. The number of aromatic nitrogens is 2. The average Bonchev–Trinajstić information content (AvgIpc) is 3.19. The van der Waals surface area contributed by atoms with Gasteiger partial charge in [-0.25, -0.2) is 9.78 Å². The molecule has 0 aliphatic carbocycles. The first kappa shape index (κ1) is 21.1. The molecule has 0 unspecified atom stereocenters. The molecule has 0 radical (unpaired) electrons. The summed E-state index contributed by atoms with van der Waals surface area (Å²) in [5.74, 6) is -0.493. The second-order valence-corrected chi connectivity index (χ2v) is 8.16. The highest BCUT2D eigenvalue weighted by Crippen LogP contribution is 2.20. The lowest BCUT2D eigenvalue weighted by Crippen LogP contribution is -2.20. The summed E-state index contributed by atoms with van der Waals surface area (Å²) in [7, 11) is 1.65. The van der Waals surface area contributed by atoms with Crippen LogP contribution >= 0.6 is 23.1 Å². The van der Waals surface area contributed by atoms with Gasteiger partial charge in [0.25, 0.3) is 5.56 Å². The van der Waals surface area contributed by atoms with Crippen molar-refractivity contribution < 1.29 is 14.3 Å². The Morgan fingerprint density at radius 2 is 2.00 bits per heavy atom. The third-order valence-electron chi connectivity index (χ3n) is 4.11. The van der Waals surface area contributed by atoms with E-state index in [0.717, 1.165) is 12.8 Å². The normalized spacial score (nSPS) is 10.8. The molecule has 1 amide bonds. The smallest absolute Gasteiger partial charge is 0.338 e. The van der Waals surface area contributed by atoms with Crippen LogP contribution < -0.4 is 10.9 Å². The molecule has 2 aromatic heterocycles. The molecule has 152 valence electrons. The van der Waals surface area contributed by atoms with Gasteiger partial charge in [-0.2, -0.15) is 0 Å². The van der Waals surface area contributed by atoms with Gasteiger partial charge in [0, 0.05) is 12.7 Å². The predicted molar refractivity (Wildman–Crippen MR) is 116 cm³/mol. The molecule has 3 aromatic rings. The topological polar surface area (TPSA) is 90.3 Å². The van der Waals surface area contributed by atoms with Crippen molar-refractivity contribution in [2.24, 2.45) is 7.05 Å². The Balaban J connectivity index is 1.56. The van der Waals surface area contributed by atoms with Crippen molar-refractivity contribution in [2.45, 2.75) is 24.9 Å². The second-order valence-electron chi connectivity index (χ2n) is 6.30. The van der Waals surface area contributed by atoms with E-state index in [9.17, 15) is 14.4 Å². The van der Waals surface area contributed by atoms with Crippen LogP contribution in [-0.4, -0.2) is 33.8 Å². The number of ether oxygens (including phenoxy) is 1. The number of thioether (sulfide) groups is 1. The summed E-state index contributed by atoms with van der Waals surface area (Å²) in [6.45, 7) is 2.43. The summed E-state index contributed by atoms with van der Waals surface area (Å²) < 4.78 is 7.22. The Morgan fingerprint density at radius 1 is 1.24 bits per heavy atom. The van der Waals surface area contributed by atoms with E-state index >= 15 is 0 Å². The number of nitrogens with zero attached hydrogens (tertiary/aromatic N) is 2. The highest BCUT2D eigenvalue weighted by Gasteiger charge is 2.12. The summed E-state index contributed by atoms with van der Waals surface area (Å²) in [6, 6.07) is 8.34. The zero-order valence-electron chi connectivity index (χ0n) is 16.1. The van der Waals surface area contributed by atoms with E-state index in [1.165, 1.54) is 27.7 Å². The van der Waals surface area contributed by atoms with E-state index in [0.29, 0.717) is 33.2 Å². The number of amides is 1. The van der Waals surface area contributed by atoms with E-state index in [2.05, 4.69) is 10.3 Å². The summed E-state index contributed by atoms with van der Waals surface area (Å²) in [6.07, 6.45) is 1.79. The third kappa shape index (κ3) is 5.24. The van der Waals surface area contributed by atoms with Crippen LogP contribution in [0.1, 0.15) is 30.1 Å². The molecule has 2 heterocycles. The number of hydrogen-bond acceptors (Lipinski definition) is 7. The molecule has 0 saturated carbocycles. The second kappa shape index (κ2) is 9.71. The van der Waals surface area contributed by atoms with E-state index in [1.54, 1.807) is 37.4 Å². The van der Waals surface area contributed by atoms with Crippen molar-refractivity contribution >= 4 is 50.9 Å². The van der Waals surface area contributed by atoms with Gasteiger partial charge in [-0.15, -0.1) is 11.3 Å². The van der Waals surface area contributed by atoms with Gasteiger partial charge < -0.3 is 10.1 Å². The number of unbranched alkanes of at least 4 members (excludes halogenated alkanes) is 1. The summed E-state index contributed by atoms with van der Waals surface area (Å²) in [4.78, 5) is 40.9. The highest BCUT2D eigenvalue weighted by atomic mass is 32.2. The van der Waals surface area contributed by atoms with Crippen LogP contribution in [0, 0.1) is 0 Å². The Bertz CT molecular complexity index is 1070. The monoisotopic (exact) mass is 431 g/mol. The van der Waals surface area contributed by atoms with Crippen molar-refractivity contribution in [3.05, 3.63) is 51.6 Å². The number of fused-ring (bicyclic) bond motifs is 1. The summed E-state index contributed by atoms with van der Waals surface area (Å²) in [5.41, 5.74) is 1.55. The van der Waals surface area contributed by atoms with Crippen LogP contribution in [0.2, 0.25) is 0 Å². The standard InChI is InChI=1S/C20H21N3O4S2/c1-3-4-10-27-19(26)13-5-7-14(8-6-13)21-16(24)12-29-20-22-15-9-11-28-17(15)18(25)23(20)2/h5-9,11H,3-4,10,12H2,1-2H3,(H,21,24). The molecule has 0 spiro atoms. The first-order chi connectivity index (χ1) is 14.0. The molecular formula is C20H21N3O4S2. The van der Waals surface area contributed by atoms with Gasteiger partial charge in [0.15, 0.2) is 5.16 Å². The lowest BCUT2D eigenvalue weighted by atomic mass is 10.2. The molecule has 9 heteroatoms. The van der Waals surface area contributed by atoms with Crippen molar-refractivity contribution in [1.29, 1.82) is 0 Å². The lowest BCUT2D eigenvalue weighted by molar-refractivity contribution is -0.113. The number of benzene rings is 1. The van der Waals surface area contributed by atoms with Crippen molar-refractivity contribution in [2.75, 3.05) is 17.7 Å². The fourth-order valence-corrected chi connectivity index (χ4v) is 4.08. The third-order valence-corrected chi connectivity index (χ3v) is 6.04. The average molecular weight is 432 g/mol.